The molecule has 0 radical (unpaired) electrons. The Morgan fingerprint density at radius 2 is 1.80 bits per heavy atom. The fraction of sp³-hybridized carbons (Fsp3) is 0.375. The SMILES string of the molecule is CC(C)N1CCN(c2cccc(-c3cn(Cc4ccc(-c5nnc(C(F)F)o5)cn4)nn3)c2)CC1. The second kappa shape index (κ2) is 9.87. The van der Waals surface area contributed by atoms with Crippen LogP contribution in [0.2, 0.25) is 0 Å². The van der Waals surface area contributed by atoms with Crippen LogP contribution in [-0.2, 0) is 6.54 Å². The van der Waals surface area contributed by atoms with Crippen LogP contribution in [0.1, 0.15) is 31.9 Å². The second-order valence-corrected chi connectivity index (χ2v) is 8.75. The number of anilines is 1. The molecular formula is C24H26F2N8O. The molecule has 0 N–H and O–H groups in total. The molecule has 35 heavy (non-hydrogen) atoms. The fourth-order valence-electron chi connectivity index (χ4n) is 4.12. The summed E-state index contributed by atoms with van der Waals surface area (Å²) in [6.07, 6.45) is 0.595. The molecule has 0 aliphatic carbocycles. The van der Waals surface area contributed by atoms with Gasteiger partial charge in [0.15, 0.2) is 0 Å². The molecule has 0 atom stereocenters. The van der Waals surface area contributed by atoms with E-state index in [1.54, 1.807) is 16.8 Å². The van der Waals surface area contributed by atoms with Crippen molar-refractivity contribution in [3.8, 4) is 22.7 Å². The summed E-state index contributed by atoms with van der Waals surface area (Å²) in [5, 5.41) is 15.6. The lowest BCUT2D eigenvalue weighted by molar-refractivity contribution is 0.116. The lowest BCUT2D eigenvalue weighted by Gasteiger charge is -2.38. The Morgan fingerprint density at radius 1 is 0.971 bits per heavy atom. The van der Waals surface area contributed by atoms with Gasteiger partial charge in [0.05, 0.1) is 24.0 Å². The zero-order chi connectivity index (χ0) is 24.4. The van der Waals surface area contributed by atoms with Crippen LogP contribution in [0.3, 0.4) is 0 Å². The van der Waals surface area contributed by atoms with E-state index in [-0.39, 0.29) is 5.89 Å². The second-order valence-electron chi connectivity index (χ2n) is 8.75. The van der Waals surface area contributed by atoms with E-state index in [2.05, 4.69) is 67.3 Å². The number of aromatic nitrogens is 6. The minimum Gasteiger partial charge on any atom is -0.415 e. The topological polar surface area (TPSA) is 89.0 Å². The molecule has 0 saturated carbocycles. The Morgan fingerprint density at radius 3 is 2.49 bits per heavy atom. The highest BCUT2D eigenvalue weighted by molar-refractivity contribution is 5.65. The van der Waals surface area contributed by atoms with Crippen LogP contribution in [-0.4, -0.2) is 67.3 Å². The molecule has 3 aromatic heterocycles. The van der Waals surface area contributed by atoms with E-state index < -0.39 is 12.3 Å². The summed E-state index contributed by atoms with van der Waals surface area (Å²) in [4.78, 5) is 9.27. The van der Waals surface area contributed by atoms with Crippen molar-refractivity contribution >= 4 is 5.69 Å². The summed E-state index contributed by atoms with van der Waals surface area (Å²) in [7, 11) is 0. The van der Waals surface area contributed by atoms with Gasteiger partial charge in [-0.15, -0.1) is 15.3 Å². The van der Waals surface area contributed by atoms with E-state index >= 15 is 0 Å². The van der Waals surface area contributed by atoms with Crippen molar-refractivity contribution < 1.29 is 13.2 Å². The molecule has 4 heterocycles. The van der Waals surface area contributed by atoms with Crippen LogP contribution in [0, 0.1) is 0 Å². The number of pyridine rings is 1. The first-order valence-corrected chi connectivity index (χ1v) is 11.5. The van der Waals surface area contributed by atoms with Crippen molar-refractivity contribution in [3.63, 3.8) is 0 Å². The molecule has 1 aromatic carbocycles. The van der Waals surface area contributed by atoms with Gasteiger partial charge in [0.25, 0.3) is 5.89 Å². The first kappa shape index (κ1) is 23.0. The van der Waals surface area contributed by atoms with Gasteiger partial charge in [-0.05, 0) is 38.1 Å². The van der Waals surface area contributed by atoms with Gasteiger partial charge in [-0.25, -0.2) is 4.68 Å². The molecule has 0 unspecified atom stereocenters. The molecule has 0 amide bonds. The third-order valence-corrected chi connectivity index (χ3v) is 6.11. The maximum atomic E-state index is 12.7. The summed E-state index contributed by atoms with van der Waals surface area (Å²) < 4.78 is 32.0. The van der Waals surface area contributed by atoms with Gasteiger partial charge < -0.3 is 9.32 Å². The average molecular weight is 481 g/mol. The number of benzene rings is 1. The largest absolute Gasteiger partial charge is 0.415 e. The first-order chi connectivity index (χ1) is 17.0. The molecule has 182 valence electrons. The Bertz CT molecular complexity index is 1260. The van der Waals surface area contributed by atoms with Gasteiger partial charge in [-0.2, -0.15) is 8.78 Å². The smallest absolute Gasteiger partial charge is 0.314 e. The monoisotopic (exact) mass is 480 g/mol. The number of hydrogen-bond acceptors (Lipinski definition) is 8. The zero-order valence-corrected chi connectivity index (χ0v) is 19.6. The van der Waals surface area contributed by atoms with Gasteiger partial charge in [0.1, 0.15) is 5.69 Å². The van der Waals surface area contributed by atoms with Crippen LogP contribution in [0.15, 0.2) is 53.2 Å². The molecule has 1 aliphatic rings. The van der Waals surface area contributed by atoms with Crippen LogP contribution in [0.5, 0.6) is 0 Å². The lowest BCUT2D eigenvalue weighted by atomic mass is 10.1. The van der Waals surface area contributed by atoms with Gasteiger partial charge in [0, 0.05) is 49.7 Å². The summed E-state index contributed by atoms with van der Waals surface area (Å²) in [6.45, 7) is 9.01. The predicted octanol–water partition coefficient (Wildman–Crippen LogP) is 3.91. The Balaban J connectivity index is 1.24. The molecule has 1 aliphatic heterocycles. The highest BCUT2D eigenvalue weighted by Gasteiger charge is 2.20. The fourth-order valence-corrected chi connectivity index (χ4v) is 4.12. The Kier molecular flexibility index (Phi) is 6.49. The minimum absolute atomic E-state index is 0.00731. The van der Waals surface area contributed by atoms with Crippen LogP contribution in [0.25, 0.3) is 22.7 Å². The first-order valence-electron chi connectivity index (χ1n) is 11.5. The van der Waals surface area contributed by atoms with Crippen molar-refractivity contribution in [1.29, 1.82) is 0 Å². The van der Waals surface area contributed by atoms with Crippen LogP contribution < -0.4 is 4.90 Å². The standard InChI is InChI=1S/C24H26F2N8O/c1-16(2)32-8-10-33(11-9-32)20-5-3-4-17(12-20)21-15-34(31-28-21)14-19-7-6-18(13-27-19)23-29-30-24(35-23)22(25)26/h3-7,12-13,15-16,22H,8-11,14H2,1-2H3. The van der Waals surface area contributed by atoms with E-state index in [1.165, 1.54) is 11.9 Å². The Labute approximate surface area is 201 Å². The maximum absolute atomic E-state index is 12.7. The molecule has 0 spiro atoms. The summed E-state index contributed by atoms with van der Waals surface area (Å²) >= 11 is 0. The molecule has 5 rings (SSSR count). The van der Waals surface area contributed by atoms with Crippen LogP contribution in [0.4, 0.5) is 14.5 Å². The summed E-state index contributed by atoms with van der Waals surface area (Å²) in [5.41, 5.74) is 4.19. The summed E-state index contributed by atoms with van der Waals surface area (Å²) in [6, 6.07) is 12.4. The third-order valence-electron chi connectivity index (χ3n) is 6.11. The molecule has 9 nitrogen and oxygen atoms in total. The molecule has 0 bridgehead atoms. The quantitative estimate of drug-likeness (QED) is 0.394. The normalized spacial score (nSPS) is 14.9. The molecule has 11 heteroatoms. The van der Waals surface area contributed by atoms with Crippen molar-refractivity contribution in [2.24, 2.45) is 0 Å². The van der Waals surface area contributed by atoms with E-state index in [9.17, 15) is 8.78 Å². The van der Waals surface area contributed by atoms with Gasteiger partial charge in [0.2, 0.25) is 5.89 Å². The van der Waals surface area contributed by atoms with Gasteiger partial charge in [-0.1, -0.05) is 17.3 Å². The van der Waals surface area contributed by atoms with E-state index in [4.69, 9.17) is 4.42 Å². The van der Waals surface area contributed by atoms with Crippen molar-refractivity contribution in [3.05, 3.63) is 60.4 Å². The number of nitrogens with zero attached hydrogens (tertiary/aromatic N) is 8. The molecular weight excluding hydrogens is 454 g/mol. The van der Waals surface area contributed by atoms with E-state index in [1.807, 2.05) is 12.3 Å². The minimum atomic E-state index is -2.80. The number of piperazine rings is 1. The average Bonchev–Trinajstić information content (AvgIpc) is 3.55. The maximum Gasteiger partial charge on any atom is 0.314 e. The van der Waals surface area contributed by atoms with Crippen molar-refractivity contribution in [2.75, 3.05) is 31.1 Å². The highest BCUT2D eigenvalue weighted by atomic mass is 19.3. The van der Waals surface area contributed by atoms with Crippen molar-refractivity contribution in [2.45, 2.75) is 32.9 Å². The molecule has 1 saturated heterocycles. The van der Waals surface area contributed by atoms with Gasteiger partial charge >= 0.3 is 6.43 Å². The predicted molar refractivity (Wildman–Crippen MR) is 126 cm³/mol. The van der Waals surface area contributed by atoms with Crippen molar-refractivity contribution in [1.82, 2.24) is 35.1 Å². The van der Waals surface area contributed by atoms with E-state index in [0.717, 1.165) is 43.1 Å². The zero-order valence-electron chi connectivity index (χ0n) is 19.6. The van der Waals surface area contributed by atoms with Crippen LogP contribution >= 0.6 is 0 Å². The van der Waals surface area contributed by atoms with Gasteiger partial charge in [-0.3, -0.25) is 9.88 Å². The molecule has 1 fully saturated rings. The third kappa shape index (κ3) is 5.19. The molecule has 4 aromatic rings. The summed E-state index contributed by atoms with van der Waals surface area (Å²) in [5.74, 6) is -0.700. The number of halogens is 2. The Hall–Kier alpha value is -3.73. The number of alkyl halides is 2. The highest BCUT2D eigenvalue weighted by Crippen LogP contribution is 2.25. The lowest BCUT2D eigenvalue weighted by Crippen LogP contribution is -2.48. The number of rotatable bonds is 7. The van der Waals surface area contributed by atoms with E-state index in [0.29, 0.717) is 18.2 Å². The number of hydrogen-bond donors (Lipinski definition) is 0.